The molecule has 0 spiro atoms. The minimum atomic E-state index is -0.260. The van der Waals surface area contributed by atoms with Crippen LogP contribution in [0.5, 0.6) is 17.2 Å². The van der Waals surface area contributed by atoms with Crippen molar-refractivity contribution in [2.24, 2.45) is 0 Å². The fourth-order valence-corrected chi connectivity index (χ4v) is 3.41. The van der Waals surface area contributed by atoms with E-state index in [1.165, 1.54) is 14.2 Å². The Kier molecular flexibility index (Phi) is 8.40. The predicted molar refractivity (Wildman–Crippen MR) is 125 cm³/mol. The Morgan fingerprint density at radius 2 is 1.64 bits per heavy atom. The van der Waals surface area contributed by atoms with Crippen LogP contribution >= 0.6 is 11.6 Å². The lowest BCUT2D eigenvalue weighted by Gasteiger charge is -2.11. The predicted octanol–water partition coefficient (Wildman–Crippen LogP) is 4.64. The van der Waals surface area contributed by atoms with Crippen LogP contribution in [0.2, 0.25) is 5.02 Å². The zero-order valence-corrected chi connectivity index (χ0v) is 19.1. The van der Waals surface area contributed by atoms with Crippen molar-refractivity contribution >= 4 is 23.2 Å². The molecule has 3 aromatic rings. The fraction of sp³-hybridized carbons (Fsp3) is 0.240. The molecule has 0 aliphatic heterocycles. The summed E-state index contributed by atoms with van der Waals surface area (Å²) in [5, 5.41) is 9.45. The van der Waals surface area contributed by atoms with E-state index in [4.69, 9.17) is 30.9 Å². The number of aromatic nitrogens is 1. The van der Waals surface area contributed by atoms with Crippen molar-refractivity contribution in [1.29, 1.82) is 0 Å². The molecule has 33 heavy (non-hydrogen) atoms. The molecule has 1 heterocycles. The van der Waals surface area contributed by atoms with Crippen molar-refractivity contribution in [3.63, 3.8) is 0 Å². The molecule has 8 heteroatoms. The highest BCUT2D eigenvalue weighted by molar-refractivity contribution is 6.30. The zero-order chi connectivity index (χ0) is 23.8. The van der Waals surface area contributed by atoms with Gasteiger partial charge in [0.05, 0.1) is 20.8 Å². The average Bonchev–Trinajstić information content (AvgIpc) is 2.85. The molecular weight excluding hydrogens is 446 g/mol. The molecule has 2 aromatic carbocycles. The number of aliphatic hydroxyl groups is 1. The number of hydrogen-bond donors (Lipinski definition) is 1. The number of nitrogens with zero attached hydrogens (tertiary/aromatic N) is 1. The Labute approximate surface area is 196 Å². The van der Waals surface area contributed by atoms with E-state index in [0.717, 1.165) is 5.56 Å². The van der Waals surface area contributed by atoms with Crippen LogP contribution in [0.1, 0.15) is 33.7 Å². The Balaban J connectivity index is 1.73. The molecule has 0 saturated heterocycles. The van der Waals surface area contributed by atoms with Crippen LogP contribution in [0.15, 0.2) is 54.6 Å². The number of ether oxygens (including phenoxy) is 3. The third kappa shape index (κ3) is 6.09. The molecule has 3 rings (SSSR count). The number of rotatable bonds is 11. The third-order valence-electron chi connectivity index (χ3n) is 4.88. The highest BCUT2D eigenvalue weighted by Gasteiger charge is 2.17. The highest BCUT2D eigenvalue weighted by atomic mass is 35.5. The van der Waals surface area contributed by atoms with Crippen molar-refractivity contribution in [1.82, 2.24) is 4.98 Å². The van der Waals surface area contributed by atoms with E-state index < -0.39 is 0 Å². The number of methoxy groups -OCH3 is 2. The summed E-state index contributed by atoms with van der Waals surface area (Å²) in [6, 6.07) is 15.1. The first-order chi connectivity index (χ1) is 16.0. The second kappa shape index (κ2) is 11.4. The van der Waals surface area contributed by atoms with Crippen LogP contribution < -0.4 is 14.2 Å². The standard InChI is InChI=1S/C25H24ClNO6/c1-31-23-11-7-19(27-25(23)17-4-3-5-18(26)14-17)21(30)9-8-20(29)16-6-10-22(33-13-12-28)24(15-16)32-2/h3-7,10-11,14-15,28H,8-9,12-13H2,1-2H3. The van der Waals surface area contributed by atoms with Crippen LogP contribution in [0, 0.1) is 0 Å². The number of benzene rings is 2. The summed E-state index contributed by atoms with van der Waals surface area (Å²) in [5.41, 5.74) is 1.86. The Hall–Kier alpha value is -3.42. The van der Waals surface area contributed by atoms with E-state index in [2.05, 4.69) is 4.98 Å². The van der Waals surface area contributed by atoms with Gasteiger partial charge >= 0.3 is 0 Å². The summed E-state index contributed by atoms with van der Waals surface area (Å²) in [7, 11) is 2.99. The number of Topliss-reactive ketones (excluding diaryl/α,β-unsaturated/α-hetero) is 2. The van der Waals surface area contributed by atoms with Gasteiger partial charge in [-0.3, -0.25) is 9.59 Å². The number of ketones is 2. The van der Waals surface area contributed by atoms with Crippen molar-refractivity contribution in [2.45, 2.75) is 12.8 Å². The number of hydrogen-bond acceptors (Lipinski definition) is 7. The van der Waals surface area contributed by atoms with Crippen molar-refractivity contribution in [2.75, 3.05) is 27.4 Å². The van der Waals surface area contributed by atoms with Gasteiger partial charge in [0, 0.05) is 29.0 Å². The van der Waals surface area contributed by atoms with Gasteiger partial charge in [0.15, 0.2) is 23.1 Å². The van der Waals surface area contributed by atoms with E-state index >= 15 is 0 Å². The molecule has 0 aliphatic rings. The van der Waals surface area contributed by atoms with Crippen LogP contribution in [0.3, 0.4) is 0 Å². The van der Waals surface area contributed by atoms with E-state index in [1.54, 1.807) is 48.5 Å². The van der Waals surface area contributed by atoms with Gasteiger partial charge < -0.3 is 19.3 Å². The lowest BCUT2D eigenvalue weighted by molar-refractivity contribution is 0.0914. The zero-order valence-electron chi connectivity index (χ0n) is 18.3. The van der Waals surface area contributed by atoms with E-state index in [9.17, 15) is 9.59 Å². The first-order valence-electron chi connectivity index (χ1n) is 10.3. The monoisotopic (exact) mass is 469 g/mol. The van der Waals surface area contributed by atoms with Crippen molar-refractivity contribution < 1.29 is 28.9 Å². The van der Waals surface area contributed by atoms with Gasteiger partial charge in [0.25, 0.3) is 0 Å². The normalized spacial score (nSPS) is 10.5. The molecular formula is C25H24ClNO6. The number of aliphatic hydroxyl groups excluding tert-OH is 1. The van der Waals surface area contributed by atoms with Crippen molar-refractivity contribution in [3.8, 4) is 28.5 Å². The van der Waals surface area contributed by atoms with Gasteiger partial charge in [-0.15, -0.1) is 0 Å². The average molecular weight is 470 g/mol. The van der Waals surface area contributed by atoms with E-state index in [0.29, 0.717) is 33.5 Å². The molecule has 7 nitrogen and oxygen atoms in total. The molecule has 0 unspecified atom stereocenters. The Bertz CT molecular complexity index is 1150. The molecule has 1 aromatic heterocycles. The number of halogens is 1. The smallest absolute Gasteiger partial charge is 0.181 e. The summed E-state index contributed by atoms with van der Waals surface area (Å²) in [4.78, 5) is 29.9. The SMILES string of the molecule is COc1cc(C(=O)CCC(=O)c2ccc(OC)c(-c3cccc(Cl)c3)n2)ccc1OCCO. The molecule has 0 aliphatic carbocycles. The molecule has 0 amide bonds. The van der Waals surface area contributed by atoms with E-state index in [1.807, 2.05) is 6.07 Å². The first-order valence-corrected chi connectivity index (χ1v) is 10.6. The van der Waals surface area contributed by atoms with Gasteiger partial charge in [-0.1, -0.05) is 23.7 Å². The lowest BCUT2D eigenvalue weighted by atomic mass is 10.0. The summed E-state index contributed by atoms with van der Waals surface area (Å²) < 4.78 is 16.0. The van der Waals surface area contributed by atoms with Gasteiger partial charge in [0.1, 0.15) is 23.7 Å². The molecule has 0 saturated carbocycles. The Morgan fingerprint density at radius 1 is 0.909 bits per heavy atom. The second-order valence-corrected chi connectivity index (χ2v) is 7.48. The van der Waals surface area contributed by atoms with Gasteiger partial charge in [0.2, 0.25) is 0 Å². The topological polar surface area (TPSA) is 95.0 Å². The minimum absolute atomic E-state index is 0.00176. The maximum atomic E-state index is 12.8. The third-order valence-corrected chi connectivity index (χ3v) is 5.11. The summed E-state index contributed by atoms with van der Waals surface area (Å²) >= 11 is 6.09. The van der Waals surface area contributed by atoms with Crippen LogP contribution in [-0.4, -0.2) is 49.1 Å². The van der Waals surface area contributed by atoms with Crippen LogP contribution in [0.25, 0.3) is 11.3 Å². The fourth-order valence-electron chi connectivity index (χ4n) is 3.22. The summed E-state index contributed by atoms with van der Waals surface area (Å²) in [6.45, 7) is -0.0193. The molecule has 172 valence electrons. The van der Waals surface area contributed by atoms with Crippen molar-refractivity contribution in [3.05, 3.63) is 70.9 Å². The Morgan fingerprint density at radius 3 is 2.33 bits per heavy atom. The molecule has 0 radical (unpaired) electrons. The van der Waals surface area contributed by atoms with Crippen LogP contribution in [-0.2, 0) is 0 Å². The molecule has 0 atom stereocenters. The van der Waals surface area contributed by atoms with Gasteiger partial charge in [-0.2, -0.15) is 0 Å². The number of pyridine rings is 1. The van der Waals surface area contributed by atoms with Gasteiger partial charge in [-0.05, 0) is 42.5 Å². The highest BCUT2D eigenvalue weighted by Crippen LogP contribution is 2.31. The summed E-state index contributed by atoms with van der Waals surface area (Å²) in [6.07, 6.45) is 0.0112. The van der Waals surface area contributed by atoms with Gasteiger partial charge in [-0.25, -0.2) is 4.98 Å². The van der Waals surface area contributed by atoms with E-state index in [-0.39, 0.29) is 43.3 Å². The quantitative estimate of drug-likeness (QED) is 0.409. The second-order valence-electron chi connectivity index (χ2n) is 7.04. The molecule has 1 N–H and O–H groups in total. The number of carbonyl (C=O) groups is 2. The lowest BCUT2D eigenvalue weighted by Crippen LogP contribution is -2.08. The minimum Gasteiger partial charge on any atom is -0.494 e. The maximum absolute atomic E-state index is 12.8. The number of carbonyl (C=O) groups excluding carboxylic acids is 2. The molecule has 0 fully saturated rings. The largest absolute Gasteiger partial charge is 0.494 e. The summed E-state index contributed by atoms with van der Waals surface area (Å²) in [5.74, 6) is 0.849. The first kappa shape index (κ1) is 24.2. The van der Waals surface area contributed by atoms with Crippen LogP contribution in [0.4, 0.5) is 0 Å². The maximum Gasteiger partial charge on any atom is 0.181 e. The molecule has 0 bridgehead atoms.